The second-order valence-corrected chi connectivity index (χ2v) is 6.63. The van der Waals surface area contributed by atoms with E-state index in [9.17, 15) is 40.5 Å². The van der Waals surface area contributed by atoms with E-state index < -0.39 is 48.5 Å². The number of unbranched alkanes of at least 4 members (excludes halogenated alkanes) is 1. The van der Waals surface area contributed by atoms with Gasteiger partial charge in [0.05, 0.1) is 49.0 Å². The lowest BCUT2D eigenvalue weighted by Gasteiger charge is -2.15. The van der Waals surface area contributed by atoms with Crippen LogP contribution < -0.4 is 5.32 Å². The topological polar surface area (TPSA) is 185 Å². The Kier molecular flexibility index (Phi) is 5.38. The minimum atomic E-state index is -0.904. The Balaban J connectivity index is 2.40. The van der Waals surface area contributed by atoms with Gasteiger partial charge in [-0.3, -0.25) is 40.5 Å². The van der Waals surface area contributed by atoms with Gasteiger partial charge in [0.25, 0.3) is 22.7 Å². The van der Waals surface area contributed by atoms with Gasteiger partial charge in [-0.1, -0.05) is 13.3 Å². The predicted octanol–water partition coefficient (Wildman–Crippen LogP) is 3.78. The molecule has 2 aromatic rings. The molecule has 2 aromatic carbocycles. The summed E-state index contributed by atoms with van der Waals surface area (Å²) in [5.41, 5.74) is -2.52. The first-order chi connectivity index (χ1) is 14.2. The lowest BCUT2D eigenvalue weighted by molar-refractivity contribution is -0.395. The number of hydrogen-bond acceptors (Lipinski definition) is 9. The Hall–Kier alpha value is -4.00. The summed E-state index contributed by atoms with van der Waals surface area (Å²) in [7, 11) is 0. The summed E-state index contributed by atoms with van der Waals surface area (Å²) in [6.45, 7) is 2.32. The van der Waals surface area contributed by atoms with Crippen LogP contribution in [0, 0.1) is 40.5 Å². The molecule has 0 saturated heterocycles. The number of nitrogens with zero attached hydrogens (tertiary/aromatic N) is 4. The largest absolute Gasteiger partial charge is 0.306 e. The van der Waals surface area contributed by atoms with Crippen molar-refractivity contribution in [2.24, 2.45) is 0 Å². The van der Waals surface area contributed by atoms with Gasteiger partial charge in [0.2, 0.25) is 0 Å². The maximum Gasteiger partial charge on any atom is 0.284 e. The number of rotatable bonds is 8. The lowest BCUT2D eigenvalue weighted by atomic mass is 10.0. The van der Waals surface area contributed by atoms with Crippen LogP contribution in [0.4, 0.5) is 22.7 Å². The van der Waals surface area contributed by atoms with Gasteiger partial charge in [-0.05, 0) is 24.1 Å². The van der Waals surface area contributed by atoms with Crippen molar-refractivity contribution in [3.05, 3.63) is 75.8 Å². The minimum Gasteiger partial charge on any atom is -0.306 e. The van der Waals surface area contributed by atoms with Crippen LogP contribution in [-0.4, -0.2) is 26.2 Å². The smallest absolute Gasteiger partial charge is 0.284 e. The second kappa shape index (κ2) is 7.79. The Bertz CT molecular complexity index is 1020. The van der Waals surface area contributed by atoms with Gasteiger partial charge in [0, 0.05) is 12.1 Å². The first-order valence-corrected chi connectivity index (χ1v) is 8.84. The third-order valence-corrected chi connectivity index (χ3v) is 4.83. The van der Waals surface area contributed by atoms with Crippen molar-refractivity contribution in [1.82, 2.24) is 5.32 Å². The van der Waals surface area contributed by atoms with Gasteiger partial charge >= 0.3 is 0 Å². The molecule has 13 nitrogen and oxygen atoms in total. The zero-order valence-corrected chi connectivity index (χ0v) is 15.6. The van der Waals surface area contributed by atoms with Crippen LogP contribution in [0.2, 0.25) is 0 Å². The van der Waals surface area contributed by atoms with Gasteiger partial charge in [-0.25, -0.2) is 0 Å². The first-order valence-electron chi connectivity index (χ1n) is 8.84. The average molecular weight is 417 g/mol. The monoisotopic (exact) mass is 417 g/mol. The van der Waals surface area contributed by atoms with Crippen LogP contribution in [0.3, 0.4) is 0 Å². The minimum absolute atomic E-state index is 0.102. The molecule has 13 heteroatoms. The van der Waals surface area contributed by atoms with Crippen molar-refractivity contribution in [3.8, 4) is 11.1 Å². The molecule has 0 aromatic heterocycles. The maximum absolute atomic E-state index is 11.7. The van der Waals surface area contributed by atoms with E-state index in [-0.39, 0.29) is 22.3 Å². The number of non-ortho nitro benzene ring substituents is 2. The number of nitro benzene ring substituents is 4. The number of nitrogens with one attached hydrogen (secondary N) is 1. The predicted molar refractivity (Wildman–Crippen MR) is 103 cm³/mol. The highest BCUT2D eigenvalue weighted by Crippen LogP contribution is 2.53. The maximum atomic E-state index is 11.7. The number of benzene rings is 2. The molecule has 30 heavy (non-hydrogen) atoms. The van der Waals surface area contributed by atoms with E-state index in [2.05, 4.69) is 5.32 Å². The SMILES string of the molecule is CCCCNC1c2cc([N+](=O)[O-])cc([N+](=O)[O-])c2-c2c1cc([N+](=O)[O-])cc2[N+](=O)[O-]. The molecule has 0 saturated carbocycles. The van der Waals surface area contributed by atoms with Gasteiger partial charge < -0.3 is 5.32 Å². The lowest BCUT2D eigenvalue weighted by Crippen LogP contribution is -2.22. The quantitative estimate of drug-likeness (QED) is 0.379. The molecule has 0 fully saturated rings. The fourth-order valence-corrected chi connectivity index (χ4v) is 3.58. The summed E-state index contributed by atoms with van der Waals surface area (Å²) >= 11 is 0. The molecule has 1 aliphatic rings. The second-order valence-electron chi connectivity index (χ2n) is 6.63. The molecule has 0 aliphatic heterocycles. The number of hydrogen-bond donors (Lipinski definition) is 1. The molecule has 0 heterocycles. The summed E-state index contributed by atoms with van der Waals surface area (Å²) < 4.78 is 0. The fraction of sp³-hybridized carbons (Fsp3) is 0.294. The molecule has 0 amide bonds. The van der Waals surface area contributed by atoms with E-state index in [0.717, 1.165) is 30.7 Å². The Labute approximate surface area is 167 Å². The van der Waals surface area contributed by atoms with Gasteiger partial charge in [-0.15, -0.1) is 0 Å². The summed E-state index contributed by atoms with van der Waals surface area (Å²) in [6, 6.07) is 2.80. The van der Waals surface area contributed by atoms with Crippen molar-refractivity contribution >= 4 is 22.7 Å². The van der Waals surface area contributed by atoms with Gasteiger partial charge in [0.1, 0.15) is 0 Å². The van der Waals surface area contributed by atoms with E-state index in [1.165, 1.54) is 0 Å². The van der Waals surface area contributed by atoms with E-state index in [4.69, 9.17) is 0 Å². The molecule has 1 aliphatic carbocycles. The summed E-state index contributed by atoms with van der Waals surface area (Å²) in [5.74, 6) is 0. The first kappa shape index (κ1) is 20.7. The molecule has 3 rings (SSSR count). The zero-order valence-electron chi connectivity index (χ0n) is 15.6. The number of fused-ring (bicyclic) bond motifs is 3. The van der Waals surface area contributed by atoms with Gasteiger partial charge in [0.15, 0.2) is 0 Å². The highest BCUT2D eigenvalue weighted by molar-refractivity contribution is 5.92. The standard InChI is InChI=1S/C17H15N5O8/c1-2-3-4-18-17-11-5-9(19(23)24)7-13(21(27)28)15(11)16-12(17)6-10(20(25)26)8-14(16)22(29)30/h5-8,17-18H,2-4H2,1H3. The van der Waals surface area contributed by atoms with Crippen LogP contribution in [0.1, 0.15) is 36.9 Å². The fourth-order valence-electron chi connectivity index (χ4n) is 3.58. The van der Waals surface area contributed by atoms with Crippen molar-refractivity contribution in [2.45, 2.75) is 25.8 Å². The van der Waals surface area contributed by atoms with Crippen LogP contribution >= 0.6 is 0 Å². The molecular formula is C17H15N5O8. The van der Waals surface area contributed by atoms with E-state index >= 15 is 0 Å². The average Bonchev–Trinajstić information content (AvgIpc) is 3.00. The molecule has 0 spiro atoms. The van der Waals surface area contributed by atoms with Crippen molar-refractivity contribution in [1.29, 1.82) is 0 Å². The van der Waals surface area contributed by atoms with Crippen LogP contribution in [0.25, 0.3) is 11.1 Å². The molecule has 1 N–H and O–H groups in total. The third kappa shape index (κ3) is 3.41. The highest BCUT2D eigenvalue weighted by Gasteiger charge is 2.42. The van der Waals surface area contributed by atoms with Crippen LogP contribution in [0.15, 0.2) is 24.3 Å². The van der Waals surface area contributed by atoms with E-state index in [1.54, 1.807) is 0 Å². The summed E-state index contributed by atoms with van der Waals surface area (Å²) in [4.78, 5) is 42.6. The highest BCUT2D eigenvalue weighted by atomic mass is 16.6. The van der Waals surface area contributed by atoms with Crippen LogP contribution in [0.5, 0.6) is 0 Å². The Morgan fingerprint density at radius 2 is 1.20 bits per heavy atom. The summed E-state index contributed by atoms with van der Waals surface area (Å²) in [6.07, 6.45) is 1.48. The van der Waals surface area contributed by atoms with Crippen molar-refractivity contribution in [3.63, 3.8) is 0 Å². The molecular weight excluding hydrogens is 402 g/mol. The zero-order chi connectivity index (χ0) is 22.2. The molecule has 0 unspecified atom stereocenters. The Morgan fingerprint density at radius 1 is 0.767 bits per heavy atom. The normalized spacial score (nSPS) is 12.3. The van der Waals surface area contributed by atoms with Gasteiger partial charge in [-0.2, -0.15) is 0 Å². The van der Waals surface area contributed by atoms with E-state index in [0.29, 0.717) is 13.0 Å². The third-order valence-electron chi connectivity index (χ3n) is 4.83. The molecule has 0 radical (unpaired) electrons. The molecule has 0 atom stereocenters. The van der Waals surface area contributed by atoms with Crippen molar-refractivity contribution in [2.75, 3.05) is 6.54 Å². The molecule has 0 bridgehead atoms. The van der Waals surface area contributed by atoms with Crippen molar-refractivity contribution < 1.29 is 19.7 Å². The number of nitro groups is 4. The van der Waals surface area contributed by atoms with E-state index in [1.807, 2.05) is 6.92 Å². The summed E-state index contributed by atoms with van der Waals surface area (Å²) in [5, 5.41) is 49.0. The molecule has 156 valence electrons. The van der Waals surface area contributed by atoms with Crippen LogP contribution in [-0.2, 0) is 0 Å². The Morgan fingerprint density at radius 3 is 1.53 bits per heavy atom.